The van der Waals surface area contributed by atoms with Gasteiger partial charge in [0, 0.05) is 6.08 Å². The number of fused-ring (bicyclic) bond motifs is 5. The number of carbonyl (C=O) groups is 1. The molecule has 4 heteroatoms. The molecule has 4 fully saturated rings. The summed E-state index contributed by atoms with van der Waals surface area (Å²) in [5.41, 5.74) is 1.72. The minimum absolute atomic E-state index is 0.0180. The summed E-state index contributed by atoms with van der Waals surface area (Å²) in [5.74, 6) is 6.95. The molecule has 240 valence electrons. The molecule has 0 radical (unpaired) electrons. The molecule has 1 N–H and O–H groups in total. The summed E-state index contributed by atoms with van der Waals surface area (Å²) in [5, 5.41) is 9.83. The summed E-state index contributed by atoms with van der Waals surface area (Å²) < 4.78 is 11.2. The van der Waals surface area contributed by atoms with Crippen molar-refractivity contribution in [3.8, 4) is 11.5 Å². The van der Waals surface area contributed by atoms with Gasteiger partial charge in [0.15, 0.2) is 11.5 Å². The SMILES string of the molecule is CC[C@@H](CC[C@@H](C)[C@H]1CCC2C3CC[C@H]4C[C@@H](OC(=O)/C=C/c5ccc(O)c(OC)c5)CC[C@]4(C)C3CC[C@@]21C)C(C)C. The molecule has 0 amide bonds. The van der Waals surface area contributed by atoms with Gasteiger partial charge in [-0.25, -0.2) is 4.79 Å². The van der Waals surface area contributed by atoms with Crippen LogP contribution < -0.4 is 4.74 Å². The van der Waals surface area contributed by atoms with E-state index in [1.54, 1.807) is 24.3 Å². The van der Waals surface area contributed by atoms with Gasteiger partial charge in [-0.3, -0.25) is 0 Å². The minimum Gasteiger partial charge on any atom is -0.504 e. The highest BCUT2D eigenvalue weighted by molar-refractivity contribution is 5.87. The molecule has 0 aliphatic heterocycles. The van der Waals surface area contributed by atoms with Crippen molar-refractivity contribution in [1.82, 2.24) is 0 Å². The van der Waals surface area contributed by atoms with Crippen LogP contribution in [-0.4, -0.2) is 24.3 Å². The molecular formula is C39H60O4. The zero-order valence-electron chi connectivity index (χ0n) is 28.2. The standard InChI is InChI=1S/C39H60O4/c1-8-28(25(2)3)12-9-26(4)32-15-16-33-31-14-13-29-24-30(19-21-38(29,5)34(31)20-22-39(32,33)6)43-37(41)18-11-27-10-17-35(40)36(23-27)42-7/h10-11,17-18,23,25-26,28-34,40H,8-9,12-16,19-22,24H2,1-7H3/b18-11+/t26-,28+,29+,30+,31?,32-,33?,34?,38+,39-/m1/s1. The van der Waals surface area contributed by atoms with Gasteiger partial charge in [0.25, 0.3) is 0 Å². The Bertz CT molecular complexity index is 1140. The highest BCUT2D eigenvalue weighted by Crippen LogP contribution is 2.68. The minimum atomic E-state index is -0.271. The van der Waals surface area contributed by atoms with Crippen LogP contribution in [0.25, 0.3) is 6.08 Å². The number of rotatable bonds is 10. The number of hydrogen-bond donors (Lipinski definition) is 1. The first kappa shape index (κ1) is 32.4. The van der Waals surface area contributed by atoms with Crippen LogP contribution in [0.2, 0.25) is 0 Å². The Morgan fingerprint density at radius 3 is 2.47 bits per heavy atom. The van der Waals surface area contributed by atoms with Crippen molar-refractivity contribution in [2.24, 2.45) is 58.2 Å². The summed E-state index contributed by atoms with van der Waals surface area (Å²) >= 11 is 0. The summed E-state index contributed by atoms with van der Waals surface area (Å²) in [6, 6.07) is 5.07. The van der Waals surface area contributed by atoms with Crippen LogP contribution in [0.1, 0.15) is 124 Å². The third-order valence-electron chi connectivity index (χ3n) is 13.7. The normalized spacial score (nSPS) is 36.9. The number of methoxy groups -OCH3 is 1. The van der Waals surface area contributed by atoms with Crippen LogP contribution in [-0.2, 0) is 9.53 Å². The number of phenolic OH excluding ortho intramolecular Hbond substituents is 1. The van der Waals surface area contributed by atoms with Gasteiger partial charge in [-0.2, -0.15) is 0 Å². The maximum atomic E-state index is 12.8. The summed E-state index contributed by atoms with van der Waals surface area (Å²) in [4.78, 5) is 12.8. The molecule has 1 aromatic rings. The number of hydrogen-bond acceptors (Lipinski definition) is 4. The zero-order chi connectivity index (χ0) is 30.9. The number of ether oxygens (including phenoxy) is 2. The Kier molecular flexibility index (Phi) is 9.94. The van der Waals surface area contributed by atoms with Crippen LogP contribution in [0.5, 0.6) is 11.5 Å². The molecule has 1 aromatic carbocycles. The molecule has 0 spiro atoms. The van der Waals surface area contributed by atoms with Crippen LogP contribution in [0.3, 0.4) is 0 Å². The molecule has 43 heavy (non-hydrogen) atoms. The molecule has 5 rings (SSSR count). The fourth-order valence-electron chi connectivity index (χ4n) is 11.2. The molecule has 4 nitrogen and oxygen atoms in total. The molecule has 4 aliphatic rings. The highest BCUT2D eigenvalue weighted by Gasteiger charge is 2.60. The van der Waals surface area contributed by atoms with Crippen molar-refractivity contribution in [2.45, 2.75) is 125 Å². The third kappa shape index (κ3) is 6.41. The molecule has 4 aliphatic carbocycles. The van der Waals surface area contributed by atoms with Crippen molar-refractivity contribution >= 4 is 12.0 Å². The van der Waals surface area contributed by atoms with Gasteiger partial charge >= 0.3 is 5.97 Å². The average Bonchev–Trinajstić information content (AvgIpc) is 3.34. The second-order valence-corrected chi connectivity index (χ2v) is 16.0. The van der Waals surface area contributed by atoms with E-state index in [1.807, 2.05) is 0 Å². The third-order valence-corrected chi connectivity index (χ3v) is 13.7. The van der Waals surface area contributed by atoms with Gasteiger partial charge in [-0.15, -0.1) is 0 Å². The van der Waals surface area contributed by atoms with Gasteiger partial charge in [-0.05, 0) is 146 Å². The van der Waals surface area contributed by atoms with Gasteiger partial charge in [-0.1, -0.05) is 60.5 Å². The van der Waals surface area contributed by atoms with E-state index in [0.717, 1.165) is 59.8 Å². The van der Waals surface area contributed by atoms with E-state index in [-0.39, 0.29) is 17.8 Å². The number of benzene rings is 1. The van der Waals surface area contributed by atoms with Crippen LogP contribution in [0.4, 0.5) is 0 Å². The Morgan fingerprint density at radius 2 is 1.74 bits per heavy atom. The second-order valence-electron chi connectivity index (χ2n) is 16.0. The van der Waals surface area contributed by atoms with Crippen molar-refractivity contribution in [2.75, 3.05) is 7.11 Å². The Balaban J connectivity index is 1.17. The Hall–Kier alpha value is -1.97. The first-order valence-corrected chi connectivity index (χ1v) is 17.8. The molecular weight excluding hydrogens is 532 g/mol. The van der Waals surface area contributed by atoms with E-state index < -0.39 is 0 Å². The molecule has 3 unspecified atom stereocenters. The van der Waals surface area contributed by atoms with E-state index in [2.05, 4.69) is 41.5 Å². The van der Waals surface area contributed by atoms with Crippen molar-refractivity contribution in [1.29, 1.82) is 0 Å². The van der Waals surface area contributed by atoms with Gasteiger partial charge < -0.3 is 14.6 Å². The largest absolute Gasteiger partial charge is 0.504 e. The topological polar surface area (TPSA) is 55.8 Å². The van der Waals surface area contributed by atoms with E-state index in [1.165, 1.54) is 77.4 Å². The lowest BCUT2D eigenvalue weighted by molar-refractivity contribution is -0.157. The first-order chi connectivity index (χ1) is 20.5. The molecule has 10 atom stereocenters. The van der Waals surface area contributed by atoms with E-state index in [4.69, 9.17) is 9.47 Å². The summed E-state index contributed by atoms with van der Waals surface area (Å²) in [6.07, 6.45) is 19.0. The van der Waals surface area contributed by atoms with E-state index in [0.29, 0.717) is 22.5 Å². The predicted octanol–water partition coefficient (Wildman–Crippen LogP) is 10.1. The van der Waals surface area contributed by atoms with Gasteiger partial charge in [0.05, 0.1) is 7.11 Å². The number of phenols is 1. The fraction of sp³-hybridized carbons (Fsp3) is 0.769. The second kappa shape index (κ2) is 13.2. The smallest absolute Gasteiger partial charge is 0.331 e. The van der Waals surface area contributed by atoms with Crippen LogP contribution >= 0.6 is 0 Å². The molecule has 0 aromatic heterocycles. The zero-order valence-corrected chi connectivity index (χ0v) is 28.2. The van der Waals surface area contributed by atoms with Gasteiger partial charge in [0.2, 0.25) is 0 Å². The Morgan fingerprint density at radius 1 is 1.00 bits per heavy atom. The van der Waals surface area contributed by atoms with Crippen molar-refractivity contribution < 1.29 is 19.4 Å². The van der Waals surface area contributed by atoms with E-state index in [9.17, 15) is 9.90 Å². The Labute approximate surface area is 262 Å². The predicted molar refractivity (Wildman–Crippen MR) is 176 cm³/mol. The molecule has 0 bridgehead atoms. The number of esters is 1. The van der Waals surface area contributed by atoms with Crippen molar-refractivity contribution in [3.05, 3.63) is 29.8 Å². The monoisotopic (exact) mass is 592 g/mol. The fourth-order valence-corrected chi connectivity index (χ4v) is 11.2. The maximum Gasteiger partial charge on any atom is 0.331 e. The van der Waals surface area contributed by atoms with Gasteiger partial charge in [0.1, 0.15) is 6.10 Å². The van der Waals surface area contributed by atoms with Crippen LogP contribution in [0.15, 0.2) is 24.3 Å². The van der Waals surface area contributed by atoms with Crippen LogP contribution in [0, 0.1) is 58.2 Å². The maximum absolute atomic E-state index is 12.8. The molecule has 0 saturated heterocycles. The summed E-state index contributed by atoms with van der Waals surface area (Å²) in [7, 11) is 1.52. The highest BCUT2D eigenvalue weighted by atomic mass is 16.5. The number of carbonyl (C=O) groups excluding carboxylic acids is 1. The average molecular weight is 593 g/mol. The summed E-state index contributed by atoms with van der Waals surface area (Å²) in [6.45, 7) is 15.1. The quantitative estimate of drug-likeness (QED) is 0.217. The van der Waals surface area contributed by atoms with Crippen molar-refractivity contribution in [3.63, 3.8) is 0 Å². The lowest BCUT2D eigenvalue weighted by atomic mass is 9.44. The molecule has 4 saturated carbocycles. The lowest BCUT2D eigenvalue weighted by Gasteiger charge is -2.61. The first-order valence-electron chi connectivity index (χ1n) is 17.8. The number of aromatic hydroxyl groups is 1. The molecule has 0 heterocycles. The lowest BCUT2D eigenvalue weighted by Crippen LogP contribution is -2.54. The van der Waals surface area contributed by atoms with E-state index >= 15 is 0 Å².